The number of carbonyl (C=O) groups is 2. The van der Waals surface area contributed by atoms with Crippen molar-refractivity contribution in [2.24, 2.45) is 0 Å². The highest BCUT2D eigenvalue weighted by Gasteiger charge is 2.21. The lowest BCUT2D eigenvalue weighted by Crippen LogP contribution is -2.26. The molecule has 0 unspecified atom stereocenters. The van der Waals surface area contributed by atoms with Crippen LogP contribution < -0.4 is 15.5 Å². The van der Waals surface area contributed by atoms with Gasteiger partial charge in [0.1, 0.15) is 0 Å². The molecule has 0 aromatic heterocycles. The monoisotopic (exact) mass is 275 g/mol. The third-order valence-electron chi connectivity index (χ3n) is 3.41. The molecule has 5 nitrogen and oxygen atoms in total. The molecule has 2 amide bonds. The van der Waals surface area contributed by atoms with E-state index in [9.17, 15) is 9.59 Å². The summed E-state index contributed by atoms with van der Waals surface area (Å²) < 4.78 is 0. The molecular formula is C15H21N3O2. The van der Waals surface area contributed by atoms with Gasteiger partial charge in [0.05, 0.1) is 0 Å². The molecule has 0 bridgehead atoms. The second-order valence-corrected chi connectivity index (χ2v) is 4.95. The molecule has 0 saturated carbocycles. The van der Waals surface area contributed by atoms with Gasteiger partial charge in [-0.2, -0.15) is 0 Å². The fourth-order valence-corrected chi connectivity index (χ4v) is 2.24. The Kier molecular flexibility index (Phi) is 5.12. The minimum atomic E-state index is 0.0400. The van der Waals surface area contributed by atoms with Crippen molar-refractivity contribution in [2.45, 2.75) is 25.8 Å². The Balaban J connectivity index is 1.85. The van der Waals surface area contributed by atoms with E-state index >= 15 is 0 Å². The first-order valence-electron chi connectivity index (χ1n) is 7.01. The van der Waals surface area contributed by atoms with Crippen LogP contribution in [0, 0.1) is 0 Å². The normalized spacial score (nSPS) is 14.7. The van der Waals surface area contributed by atoms with Gasteiger partial charge in [0.25, 0.3) is 0 Å². The number of nitrogens with one attached hydrogen (secondary N) is 2. The summed E-state index contributed by atoms with van der Waals surface area (Å²) in [4.78, 5) is 24.9. The summed E-state index contributed by atoms with van der Waals surface area (Å²) in [6.45, 7) is 2.01. The number of benzene rings is 1. The van der Waals surface area contributed by atoms with Gasteiger partial charge in [-0.25, -0.2) is 0 Å². The molecule has 0 atom stereocenters. The van der Waals surface area contributed by atoms with E-state index in [2.05, 4.69) is 10.6 Å². The second-order valence-electron chi connectivity index (χ2n) is 4.95. The molecule has 1 heterocycles. The van der Waals surface area contributed by atoms with E-state index in [1.165, 1.54) is 0 Å². The standard InChI is InChI=1S/C15H21N3O2/c1-16-9-8-14(19)17-11-12-4-6-13(7-5-12)18-10-2-3-15(18)20/h4-7,16H,2-3,8-11H2,1H3,(H,17,19). The molecule has 0 radical (unpaired) electrons. The Labute approximate surface area is 119 Å². The third kappa shape index (κ3) is 3.81. The van der Waals surface area contributed by atoms with Crippen LogP contribution in [0.25, 0.3) is 0 Å². The largest absolute Gasteiger partial charge is 0.352 e. The Morgan fingerprint density at radius 3 is 2.65 bits per heavy atom. The summed E-state index contributed by atoms with van der Waals surface area (Å²) in [6.07, 6.45) is 2.06. The molecule has 0 spiro atoms. The van der Waals surface area contributed by atoms with Gasteiger partial charge in [-0.3, -0.25) is 9.59 Å². The molecule has 5 heteroatoms. The van der Waals surface area contributed by atoms with Crippen LogP contribution in [0.5, 0.6) is 0 Å². The zero-order valence-electron chi connectivity index (χ0n) is 11.8. The lowest BCUT2D eigenvalue weighted by Gasteiger charge is -2.16. The Hall–Kier alpha value is -1.88. The first-order chi connectivity index (χ1) is 9.70. The van der Waals surface area contributed by atoms with Crippen LogP contribution in [0.15, 0.2) is 24.3 Å². The van der Waals surface area contributed by atoms with Crippen LogP contribution in [-0.4, -0.2) is 32.0 Å². The molecule has 2 N–H and O–H groups in total. The van der Waals surface area contributed by atoms with E-state index in [-0.39, 0.29) is 11.8 Å². The van der Waals surface area contributed by atoms with Gasteiger partial charge in [-0.15, -0.1) is 0 Å². The number of rotatable bonds is 6. The fraction of sp³-hybridized carbons (Fsp3) is 0.467. The number of amides is 2. The Morgan fingerprint density at radius 1 is 1.30 bits per heavy atom. The maximum Gasteiger partial charge on any atom is 0.227 e. The molecule has 1 aromatic carbocycles. The zero-order chi connectivity index (χ0) is 14.4. The highest BCUT2D eigenvalue weighted by molar-refractivity contribution is 5.95. The van der Waals surface area contributed by atoms with Gasteiger partial charge in [-0.05, 0) is 31.2 Å². The SMILES string of the molecule is CNCCC(=O)NCc1ccc(N2CCCC2=O)cc1. The number of nitrogens with zero attached hydrogens (tertiary/aromatic N) is 1. The van der Waals surface area contributed by atoms with Crippen LogP contribution >= 0.6 is 0 Å². The summed E-state index contributed by atoms with van der Waals surface area (Å²) in [6, 6.07) is 7.80. The molecule has 0 aliphatic carbocycles. The lowest BCUT2D eigenvalue weighted by molar-refractivity contribution is -0.121. The maximum absolute atomic E-state index is 11.6. The summed E-state index contributed by atoms with van der Waals surface area (Å²) in [5, 5.41) is 5.81. The molecule has 20 heavy (non-hydrogen) atoms. The topological polar surface area (TPSA) is 61.4 Å². The zero-order valence-corrected chi connectivity index (χ0v) is 11.8. The molecule has 1 aliphatic rings. The van der Waals surface area contributed by atoms with Crippen LogP contribution in [0.3, 0.4) is 0 Å². The minimum Gasteiger partial charge on any atom is -0.352 e. The van der Waals surface area contributed by atoms with E-state index in [0.29, 0.717) is 25.9 Å². The number of anilines is 1. The van der Waals surface area contributed by atoms with Crippen molar-refractivity contribution in [3.63, 3.8) is 0 Å². The van der Waals surface area contributed by atoms with E-state index in [1.54, 1.807) is 0 Å². The predicted molar refractivity (Wildman–Crippen MR) is 78.4 cm³/mol. The van der Waals surface area contributed by atoms with Gasteiger partial charge >= 0.3 is 0 Å². The van der Waals surface area contributed by atoms with Gasteiger partial charge in [-0.1, -0.05) is 12.1 Å². The molecule has 1 aliphatic heterocycles. The summed E-state index contributed by atoms with van der Waals surface area (Å²) in [5.41, 5.74) is 1.98. The van der Waals surface area contributed by atoms with Gasteiger partial charge in [0.15, 0.2) is 0 Å². The summed E-state index contributed by atoms with van der Waals surface area (Å²) in [7, 11) is 1.83. The Bertz CT molecular complexity index is 471. The number of hydrogen-bond acceptors (Lipinski definition) is 3. The minimum absolute atomic E-state index is 0.0400. The smallest absolute Gasteiger partial charge is 0.227 e. The molecule has 108 valence electrons. The summed E-state index contributed by atoms with van der Waals surface area (Å²) >= 11 is 0. The van der Waals surface area contributed by atoms with Gasteiger partial charge in [0, 0.05) is 38.2 Å². The van der Waals surface area contributed by atoms with Crippen molar-refractivity contribution in [3.8, 4) is 0 Å². The molecular weight excluding hydrogens is 254 g/mol. The van der Waals surface area contributed by atoms with E-state index in [1.807, 2.05) is 36.2 Å². The van der Waals surface area contributed by atoms with E-state index < -0.39 is 0 Å². The van der Waals surface area contributed by atoms with Gasteiger partial charge in [0.2, 0.25) is 11.8 Å². The van der Waals surface area contributed by atoms with Gasteiger partial charge < -0.3 is 15.5 Å². The first-order valence-corrected chi connectivity index (χ1v) is 7.01. The average molecular weight is 275 g/mol. The quantitative estimate of drug-likeness (QED) is 0.815. The van der Waals surface area contributed by atoms with Crippen molar-refractivity contribution < 1.29 is 9.59 Å². The lowest BCUT2D eigenvalue weighted by atomic mass is 10.2. The highest BCUT2D eigenvalue weighted by atomic mass is 16.2. The van der Waals surface area contributed by atoms with Crippen LogP contribution in [-0.2, 0) is 16.1 Å². The van der Waals surface area contributed by atoms with Crippen LogP contribution in [0.1, 0.15) is 24.8 Å². The number of carbonyl (C=O) groups excluding carboxylic acids is 2. The summed E-state index contributed by atoms with van der Waals surface area (Å²) in [5.74, 6) is 0.233. The van der Waals surface area contributed by atoms with Crippen LogP contribution in [0.2, 0.25) is 0 Å². The van der Waals surface area contributed by atoms with Crippen molar-refractivity contribution >= 4 is 17.5 Å². The average Bonchev–Trinajstić information content (AvgIpc) is 2.89. The molecule has 1 saturated heterocycles. The maximum atomic E-state index is 11.6. The highest BCUT2D eigenvalue weighted by Crippen LogP contribution is 2.21. The number of hydrogen-bond donors (Lipinski definition) is 2. The molecule has 1 aromatic rings. The second kappa shape index (κ2) is 7.05. The fourth-order valence-electron chi connectivity index (χ4n) is 2.24. The van der Waals surface area contributed by atoms with Crippen molar-refractivity contribution in [2.75, 3.05) is 25.0 Å². The van der Waals surface area contributed by atoms with Crippen molar-refractivity contribution in [1.82, 2.24) is 10.6 Å². The molecule has 2 rings (SSSR count). The Morgan fingerprint density at radius 2 is 2.05 bits per heavy atom. The third-order valence-corrected chi connectivity index (χ3v) is 3.41. The van der Waals surface area contributed by atoms with E-state index in [0.717, 1.165) is 24.2 Å². The van der Waals surface area contributed by atoms with Crippen molar-refractivity contribution in [1.29, 1.82) is 0 Å². The van der Waals surface area contributed by atoms with E-state index in [4.69, 9.17) is 0 Å². The first kappa shape index (κ1) is 14.5. The van der Waals surface area contributed by atoms with Crippen LogP contribution in [0.4, 0.5) is 5.69 Å². The molecule has 1 fully saturated rings. The van der Waals surface area contributed by atoms with Crippen molar-refractivity contribution in [3.05, 3.63) is 29.8 Å². The predicted octanol–water partition coefficient (Wildman–Crippen LogP) is 1.04.